The molecule has 2 atom stereocenters. The molecule has 0 bridgehead atoms. The first-order valence-electron chi connectivity index (χ1n) is 31.4. The molecule has 3 aromatic heterocycles. The van der Waals surface area contributed by atoms with Gasteiger partial charge in [-0.25, -0.2) is 0 Å². The molecule has 6 aromatic carbocycles. The van der Waals surface area contributed by atoms with Crippen molar-refractivity contribution >= 4 is 64.3 Å². The normalized spacial score (nSPS) is 23.2. The van der Waals surface area contributed by atoms with Crippen molar-refractivity contribution in [3.8, 4) is 17.3 Å². The molecule has 0 spiro atoms. The Morgan fingerprint density at radius 1 is 0.386 bits per heavy atom. The number of hydrogen-bond acceptors (Lipinski definition) is 5. The number of para-hydroxylation sites is 2. The molecule has 83 heavy (non-hydrogen) atoms. The predicted octanol–water partition coefficient (Wildman–Crippen LogP) is 16.2. The molecule has 4 heterocycles. The Balaban J connectivity index is 1.09. The molecule has 14 rings (SSSR count). The maximum absolute atomic E-state index is 5.82. The van der Waals surface area contributed by atoms with E-state index >= 15 is 0 Å². The summed E-state index contributed by atoms with van der Waals surface area (Å²) in [4.78, 5) is 25.0. The summed E-state index contributed by atoms with van der Waals surface area (Å²) in [6.45, 7) is 34.8. The van der Waals surface area contributed by atoms with Gasteiger partial charge in [0.15, 0.2) is 0 Å². The summed E-state index contributed by atoms with van der Waals surface area (Å²) in [5.74, 6) is 1.97. The van der Waals surface area contributed by atoms with Crippen LogP contribution in [-0.2, 0) is 37.9 Å². The molecule has 0 N–H and O–H groups in total. The Labute approximate surface area is 497 Å². The topological polar surface area (TPSA) is 59.7 Å². The molecular weight excluding hydrogens is 1070 g/mol. The van der Waals surface area contributed by atoms with E-state index in [2.05, 4.69) is 246 Å². The van der Waals surface area contributed by atoms with Gasteiger partial charge in [0, 0.05) is 0 Å². The van der Waals surface area contributed by atoms with Crippen LogP contribution in [0.2, 0.25) is 0 Å². The van der Waals surface area contributed by atoms with Gasteiger partial charge in [0.2, 0.25) is 0 Å². The molecule has 1 aliphatic heterocycles. The van der Waals surface area contributed by atoms with Crippen LogP contribution >= 0.6 is 0 Å². The zero-order chi connectivity index (χ0) is 58.1. The molecule has 1 saturated carbocycles. The number of hydrogen-bond donors (Lipinski definition) is 0. The van der Waals surface area contributed by atoms with E-state index in [1.807, 2.05) is 6.20 Å². The van der Waals surface area contributed by atoms with Gasteiger partial charge in [0.25, 0.3) is 0 Å². The summed E-state index contributed by atoms with van der Waals surface area (Å²) in [6.07, 6.45) is 13.3. The van der Waals surface area contributed by atoms with Crippen molar-refractivity contribution in [2.75, 3.05) is 4.90 Å². The van der Waals surface area contributed by atoms with E-state index in [-0.39, 0.29) is 43.4 Å². The molecule has 9 aromatic rings. The van der Waals surface area contributed by atoms with E-state index < -0.39 is 13.3 Å². The first-order valence-corrected chi connectivity index (χ1v) is 35.6. The number of nitrogens with zero attached hydrogens (tertiary/aromatic N) is 6. The summed E-state index contributed by atoms with van der Waals surface area (Å²) in [7, 11) is 0. The predicted molar refractivity (Wildman–Crippen MR) is 350 cm³/mol. The van der Waals surface area contributed by atoms with Crippen molar-refractivity contribution < 1.29 is 0 Å². The minimum atomic E-state index is -4.23. The number of benzene rings is 6. The van der Waals surface area contributed by atoms with Gasteiger partial charge in [-0.1, -0.05) is 0 Å². The van der Waals surface area contributed by atoms with Crippen molar-refractivity contribution in [2.24, 2.45) is 0 Å². The van der Waals surface area contributed by atoms with Crippen LogP contribution < -0.4 is 22.5 Å². The van der Waals surface area contributed by atoms with Crippen molar-refractivity contribution in [2.45, 2.75) is 205 Å². The molecule has 0 radical (unpaired) electrons. The van der Waals surface area contributed by atoms with E-state index in [0.717, 1.165) is 66.5 Å². The minimum absolute atomic E-state index is 0.0136. The first kappa shape index (κ1) is 54.6. The van der Waals surface area contributed by atoms with Gasteiger partial charge in [-0.3, -0.25) is 0 Å². The molecule has 7 heteroatoms. The Morgan fingerprint density at radius 3 is 1.34 bits per heavy atom. The standard InChI is InChI=1S/C76H86GeN6/c1-69(2)38-41-72(7,8)59-46-51(30-33-56(59)69)77(52-31-34-57-60(47-52)73(9,10)42-39-70(57,3)4,53-32-35-58-61(48-53)74(11,12)43-40-71(58,5)6)50-24-21-23-49(45-50)66-79-67(82-62-27-17-15-25-54(62)55-26-16-18-28-63(55)82)81-68(80-66)83-64-29-22-44-78-65(64)75(13)36-19-20-37-76(75,83)14/h15-18,21-35,44-48H,19-20,36-43H2,1-14H3. The molecule has 424 valence electrons. The van der Waals surface area contributed by atoms with E-state index in [4.69, 9.17) is 19.9 Å². The third kappa shape index (κ3) is 7.98. The fourth-order valence-electron chi connectivity index (χ4n) is 17.0. The van der Waals surface area contributed by atoms with Crippen LogP contribution in [0.1, 0.15) is 200 Å². The van der Waals surface area contributed by atoms with Crippen LogP contribution in [0.4, 0.5) is 11.6 Å². The molecule has 4 aliphatic carbocycles. The van der Waals surface area contributed by atoms with Crippen LogP contribution in [0.15, 0.2) is 146 Å². The van der Waals surface area contributed by atoms with Gasteiger partial charge in [0.1, 0.15) is 0 Å². The average Bonchev–Trinajstić information content (AvgIpc) is 4.06. The van der Waals surface area contributed by atoms with Crippen molar-refractivity contribution in [3.63, 3.8) is 0 Å². The second-order valence-corrected chi connectivity index (χ2v) is 38.6. The van der Waals surface area contributed by atoms with E-state index in [0.29, 0.717) is 17.7 Å². The van der Waals surface area contributed by atoms with Gasteiger partial charge >= 0.3 is 500 Å². The maximum atomic E-state index is 5.82. The number of fused-ring (bicyclic) bond motifs is 9. The summed E-state index contributed by atoms with van der Waals surface area (Å²) in [5, 5.41) is 2.36. The van der Waals surface area contributed by atoms with E-state index in [1.54, 1.807) is 0 Å². The summed E-state index contributed by atoms with van der Waals surface area (Å²) in [5.41, 5.74) is 14.2. The Bertz CT molecular complexity index is 3890. The second-order valence-electron chi connectivity index (χ2n) is 30.6. The van der Waals surface area contributed by atoms with Gasteiger partial charge in [0.05, 0.1) is 0 Å². The average molecular weight is 1160 g/mol. The summed E-state index contributed by atoms with van der Waals surface area (Å²) < 4.78 is 8.14. The monoisotopic (exact) mass is 1160 g/mol. The third-order valence-corrected chi connectivity index (χ3v) is 32.7. The van der Waals surface area contributed by atoms with Crippen molar-refractivity contribution in [3.05, 3.63) is 185 Å². The fourth-order valence-corrected chi connectivity index (χ4v) is 27.1. The SMILES string of the molecule is CC1(C)CCC(C)(C)c2c[c]([Ge]([c]3cccc(-c4nc(N5c6cccnc6C6(C)CCCCC56C)nc(-n5c6ccccc6c6ccccc65)n4)c3)([c]3ccc4c(c3)C(C)(C)CCC4(C)C)[c]3ccc4c(c3)C(C)(C)CCC4(C)C)ccc21. The molecule has 1 fully saturated rings. The number of rotatable bonds is 7. The van der Waals surface area contributed by atoms with Gasteiger partial charge < -0.3 is 0 Å². The fraction of sp³-hybridized carbons (Fsp3) is 0.421. The van der Waals surface area contributed by atoms with E-state index in [1.165, 1.54) is 87.4 Å². The van der Waals surface area contributed by atoms with Crippen molar-refractivity contribution in [1.82, 2.24) is 24.5 Å². The van der Waals surface area contributed by atoms with Crippen LogP contribution in [0.25, 0.3) is 39.1 Å². The Morgan fingerprint density at radius 2 is 0.831 bits per heavy atom. The van der Waals surface area contributed by atoms with Gasteiger partial charge in [-0.15, -0.1) is 0 Å². The molecule has 2 unspecified atom stereocenters. The molecule has 0 saturated heterocycles. The van der Waals surface area contributed by atoms with Crippen molar-refractivity contribution in [1.29, 1.82) is 0 Å². The number of aromatic nitrogens is 5. The molecule has 5 aliphatic rings. The van der Waals surface area contributed by atoms with E-state index in [9.17, 15) is 0 Å². The van der Waals surface area contributed by atoms with Crippen LogP contribution in [0, 0.1) is 0 Å². The van der Waals surface area contributed by atoms with Gasteiger partial charge in [-0.2, -0.15) is 0 Å². The van der Waals surface area contributed by atoms with Crippen LogP contribution in [0.3, 0.4) is 0 Å². The molecule has 6 nitrogen and oxygen atoms in total. The quantitative estimate of drug-likeness (QED) is 0.149. The third-order valence-electron chi connectivity index (χ3n) is 22.8. The zero-order valence-electron chi connectivity index (χ0n) is 52.1. The zero-order valence-corrected chi connectivity index (χ0v) is 54.2. The second kappa shape index (κ2) is 18.3. The summed E-state index contributed by atoms with van der Waals surface area (Å²) in [6, 6.07) is 55.3. The molecular formula is C76H86GeN6. The Hall–Kier alpha value is -6.38. The number of anilines is 2. The molecule has 0 amide bonds. The summed E-state index contributed by atoms with van der Waals surface area (Å²) >= 11 is -4.23. The van der Waals surface area contributed by atoms with Crippen LogP contribution in [-0.4, -0.2) is 43.3 Å². The Kier molecular flexibility index (Phi) is 12.0. The first-order chi connectivity index (χ1) is 39.3. The number of pyridine rings is 1. The van der Waals surface area contributed by atoms with Gasteiger partial charge in [-0.05, 0) is 0 Å². The van der Waals surface area contributed by atoms with Crippen LogP contribution in [0.5, 0.6) is 0 Å².